The summed E-state index contributed by atoms with van der Waals surface area (Å²) in [7, 11) is 1.77. The van der Waals surface area contributed by atoms with E-state index in [2.05, 4.69) is 5.10 Å². The third-order valence-electron chi connectivity index (χ3n) is 4.92. The summed E-state index contributed by atoms with van der Waals surface area (Å²) in [5.41, 5.74) is 8.66. The molecule has 6 nitrogen and oxygen atoms in total. The first-order valence-electron chi connectivity index (χ1n) is 9.21. The minimum absolute atomic E-state index is 0.108. The molecule has 0 fully saturated rings. The smallest absolute Gasteiger partial charge is 0.275 e. The van der Waals surface area contributed by atoms with Crippen molar-refractivity contribution in [2.45, 2.75) is 13.2 Å². The zero-order chi connectivity index (χ0) is 20.5. The lowest BCUT2D eigenvalue weighted by Crippen LogP contribution is -2.36. The first-order valence-corrected chi connectivity index (χ1v) is 9.58. The van der Waals surface area contributed by atoms with Gasteiger partial charge in [-0.1, -0.05) is 29.8 Å². The van der Waals surface area contributed by atoms with Gasteiger partial charge in [0.2, 0.25) is 0 Å². The zero-order valence-corrected chi connectivity index (χ0v) is 16.6. The third-order valence-corrected chi connectivity index (χ3v) is 5.16. The van der Waals surface area contributed by atoms with Crippen LogP contribution < -0.4 is 10.5 Å². The fourth-order valence-corrected chi connectivity index (χ4v) is 3.74. The summed E-state index contributed by atoms with van der Waals surface area (Å²) in [6.07, 6.45) is 0. The lowest BCUT2D eigenvalue weighted by atomic mass is 10.0. The molecule has 0 unspecified atom stereocenters. The second-order valence-electron chi connectivity index (χ2n) is 6.84. The second kappa shape index (κ2) is 7.85. The molecular weight excluding hydrogens is 395 g/mol. The standard InChI is InChI=1S/C21H20ClFN4O2/c1-26-20-15-10-14(22)6-7-18(15)29-12-16(20)19(25-26)21(28)27(9-8-24)11-13-4-2-3-5-17(13)23/h2-7,10H,8-9,11-12,24H2,1H3. The Labute approximate surface area is 172 Å². The highest BCUT2D eigenvalue weighted by molar-refractivity contribution is 6.31. The highest BCUT2D eigenvalue weighted by atomic mass is 35.5. The van der Waals surface area contributed by atoms with E-state index in [4.69, 9.17) is 22.1 Å². The Bertz CT molecular complexity index is 1080. The Morgan fingerprint density at radius 3 is 2.90 bits per heavy atom. The monoisotopic (exact) mass is 414 g/mol. The van der Waals surface area contributed by atoms with Crippen LogP contribution in [-0.4, -0.2) is 33.7 Å². The summed E-state index contributed by atoms with van der Waals surface area (Å²) in [5, 5.41) is 5.02. The maximum atomic E-state index is 14.1. The molecule has 2 N–H and O–H groups in total. The number of hydrogen-bond donors (Lipinski definition) is 1. The van der Waals surface area contributed by atoms with Crippen molar-refractivity contribution in [1.29, 1.82) is 0 Å². The van der Waals surface area contributed by atoms with Crippen molar-refractivity contribution in [1.82, 2.24) is 14.7 Å². The fraction of sp³-hybridized carbons (Fsp3) is 0.238. The topological polar surface area (TPSA) is 73.4 Å². The van der Waals surface area contributed by atoms with E-state index >= 15 is 0 Å². The number of aryl methyl sites for hydroxylation is 1. The van der Waals surface area contributed by atoms with Gasteiger partial charge in [0, 0.05) is 48.4 Å². The van der Waals surface area contributed by atoms with Crippen molar-refractivity contribution in [3.63, 3.8) is 0 Å². The van der Waals surface area contributed by atoms with E-state index < -0.39 is 0 Å². The molecule has 0 radical (unpaired) electrons. The van der Waals surface area contributed by atoms with Gasteiger partial charge in [-0.05, 0) is 24.3 Å². The quantitative estimate of drug-likeness (QED) is 0.694. The predicted molar refractivity (Wildman–Crippen MR) is 108 cm³/mol. The highest BCUT2D eigenvalue weighted by Crippen LogP contribution is 2.40. The van der Waals surface area contributed by atoms with Crippen LogP contribution in [-0.2, 0) is 20.2 Å². The number of nitrogens with two attached hydrogens (primary N) is 1. The van der Waals surface area contributed by atoms with Gasteiger partial charge in [0.25, 0.3) is 5.91 Å². The Kier molecular flexibility index (Phi) is 5.25. The van der Waals surface area contributed by atoms with Crippen LogP contribution in [0.3, 0.4) is 0 Å². The molecule has 3 aromatic rings. The molecule has 0 atom stereocenters. The number of aromatic nitrogens is 2. The van der Waals surface area contributed by atoms with Gasteiger partial charge in [0.1, 0.15) is 18.2 Å². The van der Waals surface area contributed by atoms with Crippen LogP contribution in [0.1, 0.15) is 21.6 Å². The molecule has 1 aromatic heterocycles. The predicted octanol–water partition coefficient (Wildman–Crippen LogP) is 3.37. The Morgan fingerprint density at radius 2 is 2.14 bits per heavy atom. The molecule has 1 aliphatic rings. The van der Waals surface area contributed by atoms with Crippen molar-refractivity contribution in [2.75, 3.05) is 13.1 Å². The summed E-state index contributed by atoms with van der Waals surface area (Å²) in [4.78, 5) is 14.8. The molecule has 2 heterocycles. The number of rotatable bonds is 5. The lowest BCUT2D eigenvalue weighted by molar-refractivity contribution is 0.0737. The van der Waals surface area contributed by atoms with Crippen LogP contribution in [0.15, 0.2) is 42.5 Å². The second-order valence-corrected chi connectivity index (χ2v) is 7.27. The maximum Gasteiger partial charge on any atom is 0.275 e. The van der Waals surface area contributed by atoms with Gasteiger partial charge in [-0.15, -0.1) is 0 Å². The summed E-state index contributed by atoms with van der Waals surface area (Å²) in [6, 6.07) is 11.7. The molecule has 0 saturated heterocycles. The molecule has 2 aromatic carbocycles. The van der Waals surface area contributed by atoms with Crippen molar-refractivity contribution >= 4 is 17.5 Å². The Hall–Kier alpha value is -2.90. The summed E-state index contributed by atoms with van der Waals surface area (Å²) < 4.78 is 21.6. The van der Waals surface area contributed by atoms with E-state index in [9.17, 15) is 9.18 Å². The molecule has 0 spiro atoms. The number of halogens is 2. The maximum absolute atomic E-state index is 14.1. The van der Waals surface area contributed by atoms with Crippen LogP contribution in [0.5, 0.6) is 5.75 Å². The van der Waals surface area contributed by atoms with Crippen molar-refractivity contribution in [3.8, 4) is 17.0 Å². The van der Waals surface area contributed by atoms with Gasteiger partial charge in [-0.2, -0.15) is 5.10 Å². The molecule has 0 saturated carbocycles. The van der Waals surface area contributed by atoms with E-state index in [1.165, 1.54) is 11.0 Å². The molecule has 0 bridgehead atoms. The van der Waals surface area contributed by atoms with Crippen molar-refractivity contribution in [3.05, 3.63) is 70.1 Å². The minimum Gasteiger partial charge on any atom is -0.488 e. The van der Waals surface area contributed by atoms with Gasteiger partial charge in [-0.25, -0.2) is 4.39 Å². The number of fused-ring (bicyclic) bond motifs is 3. The largest absolute Gasteiger partial charge is 0.488 e. The SMILES string of the molecule is Cn1nc(C(=O)N(CCN)Cc2ccccc2F)c2c1-c1cc(Cl)ccc1OC2. The van der Waals surface area contributed by atoms with Gasteiger partial charge in [-0.3, -0.25) is 9.48 Å². The minimum atomic E-state index is -0.364. The van der Waals surface area contributed by atoms with Crippen LogP contribution >= 0.6 is 11.6 Å². The van der Waals surface area contributed by atoms with Crippen LogP contribution in [0, 0.1) is 5.82 Å². The fourth-order valence-electron chi connectivity index (χ4n) is 3.57. The average Bonchev–Trinajstić information content (AvgIpc) is 3.05. The number of carbonyl (C=O) groups is 1. The van der Waals surface area contributed by atoms with Crippen LogP contribution in [0.25, 0.3) is 11.3 Å². The van der Waals surface area contributed by atoms with Gasteiger partial charge < -0.3 is 15.4 Å². The summed E-state index contributed by atoms with van der Waals surface area (Å²) in [5.74, 6) is 0.0102. The molecule has 1 amide bonds. The van der Waals surface area contributed by atoms with Crippen LogP contribution in [0.4, 0.5) is 4.39 Å². The first-order chi connectivity index (χ1) is 14.0. The highest BCUT2D eigenvalue weighted by Gasteiger charge is 2.31. The molecule has 150 valence electrons. The number of carbonyl (C=O) groups excluding carboxylic acids is 1. The molecule has 4 rings (SSSR count). The molecule has 0 aliphatic carbocycles. The first kappa shape index (κ1) is 19.4. The zero-order valence-electron chi connectivity index (χ0n) is 15.9. The molecule has 8 heteroatoms. The van der Waals surface area contributed by atoms with Crippen molar-refractivity contribution < 1.29 is 13.9 Å². The number of ether oxygens (including phenoxy) is 1. The molecule has 29 heavy (non-hydrogen) atoms. The Balaban J connectivity index is 1.72. The van der Waals surface area contributed by atoms with E-state index in [1.54, 1.807) is 48.1 Å². The molecular formula is C21H20ClFN4O2. The normalized spacial score (nSPS) is 12.1. The van der Waals surface area contributed by atoms with Crippen LogP contribution in [0.2, 0.25) is 5.02 Å². The van der Waals surface area contributed by atoms with Gasteiger partial charge in [0.15, 0.2) is 5.69 Å². The van der Waals surface area contributed by atoms with E-state index in [0.29, 0.717) is 21.9 Å². The van der Waals surface area contributed by atoms with E-state index in [1.807, 2.05) is 0 Å². The van der Waals surface area contributed by atoms with E-state index in [0.717, 1.165) is 11.3 Å². The summed E-state index contributed by atoms with van der Waals surface area (Å²) >= 11 is 6.15. The van der Waals surface area contributed by atoms with Gasteiger partial charge in [0.05, 0.1) is 5.69 Å². The molecule has 1 aliphatic heterocycles. The van der Waals surface area contributed by atoms with Crippen molar-refractivity contribution in [2.24, 2.45) is 12.8 Å². The summed E-state index contributed by atoms with van der Waals surface area (Å²) in [6.45, 7) is 0.859. The lowest BCUT2D eigenvalue weighted by Gasteiger charge is -2.23. The number of nitrogens with zero attached hydrogens (tertiary/aromatic N) is 3. The number of benzene rings is 2. The number of hydrogen-bond acceptors (Lipinski definition) is 4. The average molecular weight is 415 g/mol. The Morgan fingerprint density at radius 1 is 1.34 bits per heavy atom. The van der Waals surface area contributed by atoms with E-state index in [-0.39, 0.29) is 43.7 Å². The van der Waals surface area contributed by atoms with Gasteiger partial charge >= 0.3 is 0 Å². The number of amides is 1. The third kappa shape index (κ3) is 3.59.